The second kappa shape index (κ2) is 4.81. The van der Waals surface area contributed by atoms with Crippen LogP contribution < -0.4 is 5.32 Å². The molecule has 98 valence electrons. The fraction of sp³-hybridized carbons (Fsp3) is 0.308. The third-order valence-corrected chi connectivity index (χ3v) is 3.25. The maximum atomic E-state index is 4.54. The molecule has 0 bridgehead atoms. The minimum Gasteiger partial charge on any atom is -0.302 e. The number of fused-ring (bicyclic) bond motifs is 1. The molecular formula is C13H16N6. The topological polar surface area (TPSA) is 70.9 Å². The summed E-state index contributed by atoms with van der Waals surface area (Å²) in [4.78, 5) is 8.69. The summed E-state index contributed by atoms with van der Waals surface area (Å²) in [7, 11) is 0. The normalized spacial score (nSPS) is 12.9. The summed E-state index contributed by atoms with van der Waals surface area (Å²) in [5.41, 5.74) is 3.19. The van der Waals surface area contributed by atoms with Crippen molar-refractivity contribution in [3.8, 4) is 0 Å². The van der Waals surface area contributed by atoms with E-state index in [-0.39, 0.29) is 6.04 Å². The first-order chi connectivity index (χ1) is 9.25. The molecule has 3 aromatic heterocycles. The molecule has 0 aliphatic carbocycles. The second-order valence-corrected chi connectivity index (χ2v) is 4.55. The summed E-state index contributed by atoms with van der Waals surface area (Å²) < 4.78 is 2.11. The van der Waals surface area contributed by atoms with Gasteiger partial charge in [0.2, 0.25) is 0 Å². The van der Waals surface area contributed by atoms with Crippen LogP contribution in [0.3, 0.4) is 0 Å². The van der Waals surface area contributed by atoms with Gasteiger partial charge in [0.25, 0.3) is 0 Å². The molecule has 0 spiro atoms. The van der Waals surface area contributed by atoms with Gasteiger partial charge in [-0.2, -0.15) is 5.10 Å². The lowest BCUT2D eigenvalue weighted by Crippen LogP contribution is -2.20. The Hall–Kier alpha value is -2.21. The standard InChI is InChI=1S/C13H16N6/c1-9-11(19-6-4-3-5-12(19)17-9)7-14-10(2)13-15-8-16-18-13/h3-6,8,10,14H,7H2,1-2H3,(H,15,16,18). The Morgan fingerprint density at radius 2 is 2.32 bits per heavy atom. The molecular weight excluding hydrogens is 240 g/mol. The zero-order valence-electron chi connectivity index (χ0n) is 11.0. The number of nitrogens with zero attached hydrogens (tertiary/aromatic N) is 4. The van der Waals surface area contributed by atoms with Gasteiger partial charge in [-0.25, -0.2) is 9.97 Å². The summed E-state index contributed by atoms with van der Waals surface area (Å²) in [5, 5.41) is 10.2. The van der Waals surface area contributed by atoms with Crippen LogP contribution in [-0.4, -0.2) is 24.6 Å². The Bertz CT molecular complexity index is 670. The molecule has 3 aromatic rings. The first-order valence-electron chi connectivity index (χ1n) is 6.27. The molecule has 0 aliphatic heterocycles. The van der Waals surface area contributed by atoms with Gasteiger partial charge in [0.1, 0.15) is 17.8 Å². The molecule has 2 N–H and O–H groups in total. The first-order valence-corrected chi connectivity index (χ1v) is 6.27. The zero-order valence-corrected chi connectivity index (χ0v) is 11.0. The lowest BCUT2D eigenvalue weighted by atomic mass is 10.3. The van der Waals surface area contributed by atoms with Gasteiger partial charge in [-0.1, -0.05) is 6.07 Å². The Morgan fingerprint density at radius 3 is 3.11 bits per heavy atom. The van der Waals surface area contributed by atoms with Crippen LogP contribution in [0, 0.1) is 6.92 Å². The summed E-state index contributed by atoms with van der Waals surface area (Å²) in [6.45, 7) is 4.82. The van der Waals surface area contributed by atoms with Crippen LogP contribution in [0.2, 0.25) is 0 Å². The highest BCUT2D eigenvalue weighted by Crippen LogP contribution is 2.13. The Balaban J connectivity index is 1.80. The predicted molar refractivity (Wildman–Crippen MR) is 71.6 cm³/mol. The molecule has 0 amide bonds. The number of nitrogens with one attached hydrogen (secondary N) is 2. The monoisotopic (exact) mass is 256 g/mol. The minimum absolute atomic E-state index is 0.121. The number of aryl methyl sites for hydroxylation is 1. The number of rotatable bonds is 4. The summed E-state index contributed by atoms with van der Waals surface area (Å²) >= 11 is 0. The zero-order chi connectivity index (χ0) is 13.2. The van der Waals surface area contributed by atoms with Gasteiger partial charge in [0.05, 0.1) is 17.4 Å². The number of aromatic amines is 1. The van der Waals surface area contributed by atoms with E-state index in [4.69, 9.17) is 0 Å². The van der Waals surface area contributed by atoms with Crippen molar-refractivity contribution in [3.63, 3.8) is 0 Å². The number of hydrogen-bond acceptors (Lipinski definition) is 4. The number of pyridine rings is 1. The van der Waals surface area contributed by atoms with Crippen LogP contribution in [0.25, 0.3) is 5.65 Å². The molecule has 0 radical (unpaired) electrons. The highest BCUT2D eigenvalue weighted by molar-refractivity contribution is 5.42. The fourth-order valence-electron chi connectivity index (χ4n) is 2.15. The number of hydrogen-bond donors (Lipinski definition) is 2. The minimum atomic E-state index is 0.121. The van der Waals surface area contributed by atoms with E-state index in [1.807, 2.05) is 31.3 Å². The maximum absolute atomic E-state index is 4.54. The van der Waals surface area contributed by atoms with Crippen molar-refractivity contribution in [3.05, 3.63) is 47.9 Å². The molecule has 3 rings (SSSR count). The van der Waals surface area contributed by atoms with E-state index in [9.17, 15) is 0 Å². The maximum Gasteiger partial charge on any atom is 0.141 e. The lowest BCUT2D eigenvalue weighted by molar-refractivity contribution is 0.539. The van der Waals surface area contributed by atoms with E-state index in [1.165, 1.54) is 12.0 Å². The van der Waals surface area contributed by atoms with Gasteiger partial charge < -0.3 is 9.72 Å². The van der Waals surface area contributed by atoms with Crippen LogP contribution >= 0.6 is 0 Å². The van der Waals surface area contributed by atoms with Crippen molar-refractivity contribution in [2.75, 3.05) is 0 Å². The molecule has 0 aliphatic rings. The van der Waals surface area contributed by atoms with Crippen LogP contribution in [0.4, 0.5) is 0 Å². The van der Waals surface area contributed by atoms with E-state index in [2.05, 4.69) is 36.8 Å². The van der Waals surface area contributed by atoms with Crippen LogP contribution in [0.5, 0.6) is 0 Å². The van der Waals surface area contributed by atoms with Crippen molar-refractivity contribution >= 4 is 5.65 Å². The highest BCUT2D eigenvalue weighted by atomic mass is 15.2. The average molecular weight is 256 g/mol. The van der Waals surface area contributed by atoms with E-state index < -0.39 is 0 Å². The average Bonchev–Trinajstić information content (AvgIpc) is 3.03. The Labute approximate surface area is 110 Å². The molecule has 19 heavy (non-hydrogen) atoms. The molecule has 1 unspecified atom stereocenters. The summed E-state index contributed by atoms with van der Waals surface area (Å²) in [6.07, 6.45) is 3.55. The third-order valence-electron chi connectivity index (χ3n) is 3.25. The summed E-state index contributed by atoms with van der Waals surface area (Å²) in [6, 6.07) is 6.14. The van der Waals surface area contributed by atoms with Crippen molar-refractivity contribution in [1.82, 2.24) is 29.9 Å². The number of aromatic nitrogens is 5. The number of H-pyrrole nitrogens is 1. The van der Waals surface area contributed by atoms with E-state index >= 15 is 0 Å². The van der Waals surface area contributed by atoms with E-state index in [1.54, 1.807) is 0 Å². The van der Waals surface area contributed by atoms with Gasteiger partial charge in [0.15, 0.2) is 0 Å². The van der Waals surface area contributed by atoms with Gasteiger partial charge in [-0.3, -0.25) is 5.10 Å². The third kappa shape index (κ3) is 2.22. The van der Waals surface area contributed by atoms with Crippen molar-refractivity contribution in [1.29, 1.82) is 0 Å². The molecule has 0 fully saturated rings. The molecule has 0 saturated heterocycles. The van der Waals surface area contributed by atoms with E-state index in [0.717, 1.165) is 23.7 Å². The predicted octanol–water partition coefficient (Wildman–Crippen LogP) is 1.61. The van der Waals surface area contributed by atoms with E-state index in [0.29, 0.717) is 0 Å². The van der Waals surface area contributed by atoms with Crippen LogP contribution in [0.15, 0.2) is 30.7 Å². The summed E-state index contributed by atoms with van der Waals surface area (Å²) in [5.74, 6) is 0.839. The van der Waals surface area contributed by atoms with Gasteiger partial charge in [-0.05, 0) is 26.0 Å². The number of imidazole rings is 1. The first kappa shape index (κ1) is 11.9. The molecule has 1 atom stereocenters. The quantitative estimate of drug-likeness (QED) is 0.744. The Morgan fingerprint density at radius 1 is 1.42 bits per heavy atom. The smallest absolute Gasteiger partial charge is 0.141 e. The van der Waals surface area contributed by atoms with Crippen LogP contribution in [-0.2, 0) is 6.54 Å². The molecule has 0 aromatic carbocycles. The lowest BCUT2D eigenvalue weighted by Gasteiger charge is -2.11. The van der Waals surface area contributed by atoms with Crippen molar-refractivity contribution in [2.24, 2.45) is 0 Å². The fourth-order valence-corrected chi connectivity index (χ4v) is 2.15. The Kier molecular flexibility index (Phi) is 3.00. The van der Waals surface area contributed by atoms with Gasteiger partial charge in [-0.15, -0.1) is 0 Å². The molecule has 6 heteroatoms. The van der Waals surface area contributed by atoms with Crippen LogP contribution in [0.1, 0.15) is 30.2 Å². The van der Waals surface area contributed by atoms with Gasteiger partial charge in [0, 0.05) is 12.7 Å². The molecule has 0 saturated carbocycles. The SMILES string of the molecule is Cc1nc2ccccn2c1CNC(C)c1ncn[nH]1. The van der Waals surface area contributed by atoms with Gasteiger partial charge >= 0.3 is 0 Å². The highest BCUT2D eigenvalue weighted by Gasteiger charge is 2.11. The van der Waals surface area contributed by atoms with Crippen molar-refractivity contribution < 1.29 is 0 Å². The second-order valence-electron chi connectivity index (χ2n) is 4.55. The molecule has 6 nitrogen and oxygen atoms in total. The van der Waals surface area contributed by atoms with Crippen molar-refractivity contribution in [2.45, 2.75) is 26.4 Å². The largest absolute Gasteiger partial charge is 0.302 e. The molecule has 3 heterocycles.